The standard InChI is InChI=1S/C25H16Br2N2O3S2/c1-31-21-11-17(10-20(27)23(21)32-14-16-4-2-15(13-28)3-5-16)12-22-24(30)29(25(33)34-22)19-8-6-18(26)7-9-19/h2-12H,14H2,1H3/b22-12+. The van der Waals surface area contributed by atoms with Crippen molar-refractivity contribution in [3.8, 4) is 17.6 Å². The molecule has 5 nitrogen and oxygen atoms in total. The van der Waals surface area contributed by atoms with E-state index in [4.69, 9.17) is 27.0 Å². The van der Waals surface area contributed by atoms with Crippen LogP contribution in [0.15, 0.2) is 74.5 Å². The predicted molar refractivity (Wildman–Crippen MR) is 146 cm³/mol. The number of thioether (sulfide) groups is 1. The summed E-state index contributed by atoms with van der Waals surface area (Å²) in [5.74, 6) is 0.901. The van der Waals surface area contributed by atoms with Crippen LogP contribution < -0.4 is 14.4 Å². The number of hydrogen-bond donors (Lipinski definition) is 0. The van der Waals surface area contributed by atoms with Crippen molar-refractivity contribution in [3.63, 3.8) is 0 Å². The summed E-state index contributed by atoms with van der Waals surface area (Å²) in [6, 6.07) is 20.4. The molecule has 0 saturated carbocycles. The first-order chi connectivity index (χ1) is 16.4. The van der Waals surface area contributed by atoms with Crippen molar-refractivity contribution in [1.82, 2.24) is 0 Å². The second kappa shape index (κ2) is 10.7. The number of hydrogen-bond acceptors (Lipinski definition) is 6. The number of carbonyl (C=O) groups is 1. The Labute approximate surface area is 223 Å². The van der Waals surface area contributed by atoms with Crippen LogP contribution in [0.2, 0.25) is 0 Å². The average molecular weight is 616 g/mol. The molecule has 3 aromatic carbocycles. The Balaban J connectivity index is 1.56. The van der Waals surface area contributed by atoms with Gasteiger partial charge in [-0.2, -0.15) is 5.26 Å². The van der Waals surface area contributed by atoms with Crippen molar-refractivity contribution in [2.75, 3.05) is 12.0 Å². The van der Waals surface area contributed by atoms with E-state index < -0.39 is 0 Å². The Hall–Kier alpha value is -2.64. The minimum absolute atomic E-state index is 0.173. The van der Waals surface area contributed by atoms with Crippen molar-refractivity contribution in [2.45, 2.75) is 6.61 Å². The molecule has 1 aliphatic rings. The van der Waals surface area contributed by atoms with Crippen LogP contribution in [0.25, 0.3) is 6.08 Å². The van der Waals surface area contributed by atoms with Gasteiger partial charge in [-0.25, -0.2) is 0 Å². The number of nitrogens with zero attached hydrogens (tertiary/aromatic N) is 2. The third kappa shape index (κ3) is 5.36. The lowest BCUT2D eigenvalue weighted by atomic mass is 10.1. The molecule has 0 N–H and O–H groups in total. The molecule has 0 aliphatic carbocycles. The highest BCUT2D eigenvalue weighted by Gasteiger charge is 2.33. The van der Waals surface area contributed by atoms with Gasteiger partial charge >= 0.3 is 0 Å². The number of nitriles is 1. The van der Waals surface area contributed by atoms with E-state index in [0.29, 0.717) is 37.4 Å². The smallest absolute Gasteiger partial charge is 0.270 e. The zero-order valence-corrected chi connectivity index (χ0v) is 22.6. The summed E-state index contributed by atoms with van der Waals surface area (Å²) in [5, 5.41) is 8.94. The number of rotatable bonds is 6. The summed E-state index contributed by atoms with van der Waals surface area (Å²) >= 11 is 13.7. The molecule has 0 aromatic heterocycles. The lowest BCUT2D eigenvalue weighted by Gasteiger charge is -2.14. The lowest BCUT2D eigenvalue weighted by Crippen LogP contribution is -2.27. The molecule has 0 atom stereocenters. The number of carbonyl (C=O) groups excluding carboxylic acids is 1. The average Bonchev–Trinajstić information content (AvgIpc) is 3.11. The first-order valence-electron chi connectivity index (χ1n) is 9.92. The fourth-order valence-corrected chi connectivity index (χ4v) is 5.36. The van der Waals surface area contributed by atoms with E-state index in [0.717, 1.165) is 21.3 Å². The van der Waals surface area contributed by atoms with Gasteiger partial charge in [0.05, 0.1) is 33.8 Å². The fourth-order valence-electron chi connectivity index (χ4n) is 3.23. The molecule has 0 bridgehead atoms. The molecule has 4 rings (SSSR count). The Morgan fingerprint density at radius 3 is 2.47 bits per heavy atom. The molecule has 34 heavy (non-hydrogen) atoms. The van der Waals surface area contributed by atoms with Crippen LogP contribution in [0, 0.1) is 11.3 Å². The van der Waals surface area contributed by atoms with E-state index in [1.54, 1.807) is 25.3 Å². The van der Waals surface area contributed by atoms with Crippen LogP contribution in [0.5, 0.6) is 11.5 Å². The third-order valence-electron chi connectivity index (χ3n) is 4.89. The quantitative estimate of drug-likeness (QED) is 0.218. The Morgan fingerprint density at radius 2 is 1.82 bits per heavy atom. The van der Waals surface area contributed by atoms with E-state index >= 15 is 0 Å². The maximum Gasteiger partial charge on any atom is 0.270 e. The molecular weight excluding hydrogens is 600 g/mol. The Bertz CT molecular complexity index is 1330. The fraction of sp³-hybridized carbons (Fsp3) is 0.0800. The molecule has 1 saturated heterocycles. The molecule has 0 spiro atoms. The van der Waals surface area contributed by atoms with Crippen molar-refractivity contribution in [1.29, 1.82) is 5.26 Å². The minimum Gasteiger partial charge on any atom is -0.493 e. The maximum absolute atomic E-state index is 13.1. The molecule has 1 aliphatic heterocycles. The highest BCUT2D eigenvalue weighted by Crippen LogP contribution is 2.40. The van der Waals surface area contributed by atoms with Gasteiger partial charge in [0.15, 0.2) is 15.8 Å². The number of halogens is 2. The highest BCUT2D eigenvalue weighted by atomic mass is 79.9. The van der Waals surface area contributed by atoms with Crippen molar-refractivity contribution in [2.24, 2.45) is 0 Å². The zero-order chi connectivity index (χ0) is 24.2. The number of benzene rings is 3. The van der Waals surface area contributed by atoms with Crippen molar-refractivity contribution < 1.29 is 14.3 Å². The van der Waals surface area contributed by atoms with Crippen molar-refractivity contribution >= 4 is 77.8 Å². The SMILES string of the molecule is COc1cc(/C=C2/SC(=S)N(c3ccc(Br)cc3)C2=O)cc(Br)c1OCc1ccc(C#N)cc1. The number of thiocarbonyl (C=S) groups is 1. The number of amides is 1. The second-order valence-electron chi connectivity index (χ2n) is 7.13. The normalized spacial score (nSPS) is 14.4. The van der Waals surface area contributed by atoms with Gasteiger partial charge in [0.2, 0.25) is 0 Å². The lowest BCUT2D eigenvalue weighted by molar-refractivity contribution is -0.113. The first kappa shape index (κ1) is 24.5. The molecule has 1 fully saturated rings. The minimum atomic E-state index is -0.173. The van der Waals surface area contributed by atoms with Crippen LogP contribution in [0.1, 0.15) is 16.7 Å². The van der Waals surface area contributed by atoms with Crippen molar-refractivity contribution in [3.05, 3.63) is 91.2 Å². The first-order valence-corrected chi connectivity index (χ1v) is 12.7. The largest absolute Gasteiger partial charge is 0.493 e. The van der Waals surface area contributed by atoms with Gasteiger partial charge < -0.3 is 9.47 Å². The van der Waals surface area contributed by atoms with Crippen LogP contribution in [-0.4, -0.2) is 17.3 Å². The monoisotopic (exact) mass is 614 g/mol. The number of ether oxygens (including phenoxy) is 2. The molecule has 1 amide bonds. The molecule has 170 valence electrons. The molecule has 9 heteroatoms. The maximum atomic E-state index is 13.1. The van der Waals surface area contributed by atoms with Gasteiger partial charge in [-0.1, -0.05) is 52.0 Å². The van der Waals surface area contributed by atoms with Gasteiger partial charge in [0, 0.05) is 4.47 Å². The van der Waals surface area contributed by atoms with E-state index in [2.05, 4.69) is 37.9 Å². The van der Waals surface area contributed by atoms with Gasteiger partial charge in [0.25, 0.3) is 5.91 Å². The summed E-state index contributed by atoms with van der Waals surface area (Å²) in [7, 11) is 1.56. The van der Waals surface area contributed by atoms with Crippen LogP contribution in [-0.2, 0) is 11.4 Å². The van der Waals surface area contributed by atoms with E-state index in [1.807, 2.05) is 48.5 Å². The van der Waals surface area contributed by atoms with Crippen LogP contribution in [0.4, 0.5) is 5.69 Å². The Morgan fingerprint density at radius 1 is 1.12 bits per heavy atom. The van der Waals surface area contributed by atoms with E-state index in [9.17, 15) is 4.79 Å². The summed E-state index contributed by atoms with van der Waals surface area (Å²) in [4.78, 5) is 15.1. The summed E-state index contributed by atoms with van der Waals surface area (Å²) in [5.41, 5.74) is 3.01. The summed E-state index contributed by atoms with van der Waals surface area (Å²) in [6.07, 6.45) is 1.79. The van der Waals surface area contributed by atoms with Crippen LogP contribution >= 0.6 is 55.8 Å². The number of anilines is 1. The summed E-state index contributed by atoms with van der Waals surface area (Å²) in [6.45, 7) is 0.311. The number of methoxy groups -OCH3 is 1. The highest BCUT2D eigenvalue weighted by molar-refractivity contribution is 9.10. The van der Waals surface area contributed by atoms with E-state index in [1.165, 1.54) is 16.7 Å². The third-order valence-corrected chi connectivity index (χ3v) is 7.31. The van der Waals surface area contributed by atoms with Gasteiger partial charge in [-0.15, -0.1) is 0 Å². The zero-order valence-electron chi connectivity index (χ0n) is 17.7. The predicted octanol–water partition coefficient (Wildman–Crippen LogP) is 7.08. The topological polar surface area (TPSA) is 62.6 Å². The molecule has 1 heterocycles. The summed E-state index contributed by atoms with van der Waals surface area (Å²) < 4.78 is 13.6. The Kier molecular flexibility index (Phi) is 7.73. The van der Waals surface area contributed by atoms with Gasteiger partial charge in [-0.3, -0.25) is 9.69 Å². The van der Waals surface area contributed by atoms with E-state index in [-0.39, 0.29) is 5.91 Å². The molecule has 0 radical (unpaired) electrons. The second-order valence-corrected chi connectivity index (χ2v) is 10.6. The molecule has 0 unspecified atom stereocenters. The molecular formula is C25H16Br2N2O3S2. The molecule has 3 aromatic rings. The van der Waals surface area contributed by atoms with Gasteiger partial charge in [0.1, 0.15) is 6.61 Å². The van der Waals surface area contributed by atoms with Crippen LogP contribution in [0.3, 0.4) is 0 Å². The van der Waals surface area contributed by atoms with Gasteiger partial charge in [-0.05, 0) is 81.7 Å².